The second-order valence-electron chi connectivity index (χ2n) is 8.85. The monoisotopic (exact) mass is 397 g/mol. The smallest absolute Gasteiger partial charge is 0.314 e. The van der Waals surface area contributed by atoms with Gasteiger partial charge >= 0.3 is 5.97 Å². The number of ketones is 1. The fourth-order valence-corrected chi connectivity index (χ4v) is 5.61. The second-order valence-corrected chi connectivity index (χ2v) is 8.85. The number of carbonyl (C=O) groups excluding carboxylic acids is 2. The third-order valence-electron chi connectivity index (χ3n) is 7.30. The van der Waals surface area contributed by atoms with Crippen LogP contribution in [0.3, 0.4) is 0 Å². The zero-order valence-corrected chi connectivity index (χ0v) is 17.2. The molecule has 6 heteroatoms. The summed E-state index contributed by atoms with van der Waals surface area (Å²) in [6, 6.07) is 4.25. The molecular weight excluding hydrogens is 370 g/mol. The number of esters is 1. The van der Waals surface area contributed by atoms with Crippen LogP contribution in [0.4, 0.5) is 0 Å². The number of rotatable bonds is 4. The standard InChI is InChI=1S/C23H27NO5/c1-24-9-8-23-12-17(25)19(28-3)11-15(23)16(24)10-14-6-7-18(27-2)21(20(14)23)29-22(26)13-4-5-13/h6-7,11,13,15-16H,4-5,8-10,12H2,1-3H3/t15-,16+,23-/m1/s1. The van der Waals surface area contributed by atoms with Gasteiger partial charge in [-0.25, -0.2) is 0 Å². The summed E-state index contributed by atoms with van der Waals surface area (Å²) in [5.74, 6) is 1.50. The number of carbonyl (C=O) groups is 2. The van der Waals surface area contributed by atoms with Gasteiger partial charge in [-0.05, 0) is 57.0 Å². The summed E-state index contributed by atoms with van der Waals surface area (Å²) in [5, 5.41) is 0. The summed E-state index contributed by atoms with van der Waals surface area (Å²) in [5.41, 5.74) is 1.76. The maximum absolute atomic E-state index is 12.9. The van der Waals surface area contributed by atoms with E-state index in [4.69, 9.17) is 14.2 Å². The van der Waals surface area contributed by atoms with Gasteiger partial charge in [0.2, 0.25) is 0 Å². The lowest BCUT2D eigenvalue weighted by atomic mass is 9.53. The number of likely N-dealkylation sites (N-methyl/N-ethyl adjacent to an activating group) is 1. The molecule has 0 amide bonds. The van der Waals surface area contributed by atoms with Gasteiger partial charge in [-0.15, -0.1) is 0 Å². The van der Waals surface area contributed by atoms with Crippen molar-refractivity contribution in [3.05, 3.63) is 35.1 Å². The Morgan fingerprint density at radius 1 is 1.21 bits per heavy atom. The zero-order valence-electron chi connectivity index (χ0n) is 17.2. The summed E-state index contributed by atoms with van der Waals surface area (Å²) in [6.07, 6.45) is 5.83. The van der Waals surface area contributed by atoms with Gasteiger partial charge in [-0.3, -0.25) is 9.59 Å². The molecule has 0 N–H and O–H groups in total. The van der Waals surface area contributed by atoms with E-state index < -0.39 is 5.41 Å². The third kappa shape index (κ3) is 2.72. The van der Waals surface area contributed by atoms with Crippen LogP contribution in [0.5, 0.6) is 11.5 Å². The number of piperidine rings is 1. The number of benzene rings is 1. The number of fused-ring (bicyclic) bond motifs is 1. The number of ether oxygens (including phenoxy) is 3. The molecule has 1 aromatic carbocycles. The Hall–Kier alpha value is -2.34. The fourth-order valence-electron chi connectivity index (χ4n) is 5.61. The quantitative estimate of drug-likeness (QED) is 0.575. The number of hydrogen-bond acceptors (Lipinski definition) is 6. The lowest BCUT2D eigenvalue weighted by molar-refractivity contribution is -0.136. The van der Waals surface area contributed by atoms with Crippen molar-refractivity contribution in [3.8, 4) is 11.5 Å². The minimum absolute atomic E-state index is 0.00864. The predicted octanol–water partition coefficient (Wildman–Crippen LogP) is 2.63. The average Bonchev–Trinajstić information content (AvgIpc) is 3.55. The summed E-state index contributed by atoms with van der Waals surface area (Å²) < 4.78 is 17.0. The van der Waals surface area contributed by atoms with Crippen molar-refractivity contribution in [3.63, 3.8) is 0 Å². The zero-order chi connectivity index (χ0) is 20.3. The second kappa shape index (κ2) is 6.59. The normalized spacial score (nSPS) is 30.7. The van der Waals surface area contributed by atoms with Crippen LogP contribution in [0.15, 0.2) is 24.0 Å². The van der Waals surface area contributed by atoms with Gasteiger partial charge < -0.3 is 19.1 Å². The molecule has 29 heavy (non-hydrogen) atoms. The fraction of sp³-hybridized carbons (Fsp3) is 0.565. The van der Waals surface area contributed by atoms with Crippen LogP contribution < -0.4 is 9.47 Å². The van der Waals surface area contributed by atoms with E-state index in [1.54, 1.807) is 14.2 Å². The van der Waals surface area contributed by atoms with E-state index in [-0.39, 0.29) is 29.6 Å². The van der Waals surface area contributed by atoms with Crippen LogP contribution >= 0.6 is 0 Å². The Balaban J connectivity index is 1.71. The first-order valence-corrected chi connectivity index (χ1v) is 10.4. The highest BCUT2D eigenvalue weighted by molar-refractivity contribution is 5.96. The highest BCUT2D eigenvalue weighted by Gasteiger charge is 2.57. The van der Waals surface area contributed by atoms with Crippen molar-refractivity contribution < 1.29 is 23.8 Å². The van der Waals surface area contributed by atoms with Crippen molar-refractivity contribution in [1.82, 2.24) is 4.90 Å². The minimum Gasteiger partial charge on any atom is -0.493 e. The number of hydrogen-bond donors (Lipinski definition) is 0. The molecule has 2 fully saturated rings. The molecule has 1 heterocycles. The largest absolute Gasteiger partial charge is 0.493 e. The molecule has 6 nitrogen and oxygen atoms in total. The molecule has 1 aromatic rings. The third-order valence-corrected chi connectivity index (χ3v) is 7.30. The van der Waals surface area contributed by atoms with Gasteiger partial charge in [-0.2, -0.15) is 0 Å². The SMILES string of the molecule is COC1=C[C@@H]2[C@@H]3Cc4ccc(OC)c(OC(=O)C5CC5)c4[C@]2(CCN3C)CC1=O. The van der Waals surface area contributed by atoms with Gasteiger partial charge in [-0.1, -0.05) is 6.07 Å². The lowest BCUT2D eigenvalue weighted by Crippen LogP contribution is -2.60. The maximum atomic E-state index is 12.9. The van der Waals surface area contributed by atoms with Crippen molar-refractivity contribution >= 4 is 11.8 Å². The molecule has 2 bridgehead atoms. The van der Waals surface area contributed by atoms with Crippen LogP contribution in [0, 0.1) is 11.8 Å². The Morgan fingerprint density at radius 3 is 2.69 bits per heavy atom. The Morgan fingerprint density at radius 2 is 2.00 bits per heavy atom. The van der Waals surface area contributed by atoms with Crippen LogP contribution in [0.1, 0.15) is 36.8 Å². The van der Waals surface area contributed by atoms with Gasteiger partial charge in [0.15, 0.2) is 23.0 Å². The summed E-state index contributed by atoms with van der Waals surface area (Å²) in [7, 11) is 5.30. The van der Waals surface area contributed by atoms with Gasteiger partial charge in [0, 0.05) is 29.4 Å². The molecule has 0 aromatic heterocycles. The number of allylic oxidation sites excluding steroid dienone is 1. The van der Waals surface area contributed by atoms with E-state index in [1.165, 1.54) is 0 Å². The molecule has 3 atom stereocenters. The van der Waals surface area contributed by atoms with Crippen LogP contribution in [-0.2, 0) is 26.2 Å². The van der Waals surface area contributed by atoms with Crippen molar-refractivity contribution in [2.24, 2.45) is 11.8 Å². The highest BCUT2D eigenvalue weighted by Crippen LogP contribution is 2.58. The summed E-state index contributed by atoms with van der Waals surface area (Å²) >= 11 is 0. The van der Waals surface area contributed by atoms with E-state index in [1.807, 2.05) is 12.1 Å². The minimum atomic E-state index is -0.391. The first-order chi connectivity index (χ1) is 14.0. The molecule has 1 saturated heterocycles. The molecule has 154 valence electrons. The average molecular weight is 397 g/mol. The molecule has 0 radical (unpaired) electrons. The topological polar surface area (TPSA) is 65.1 Å². The molecule has 4 aliphatic rings. The van der Waals surface area contributed by atoms with Crippen molar-refractivity contribution in [2.45, 2.75) is 43.6 Å². The highest BCUT2D eigenvalue weighted by atomic mass is 16.6. The number of methoxy groups -OCH3 is 2. The van der Waals surface area contributed by atoms with Crippen LogP contribution in [0.25, 0.3) is 0 Å². The lowest BCUT2D eigenvalue weighted by Gasteiger charge is -2.56. The van der Waals surface area contributed by atoms with E-state index in [0.29, 0.717) is 23.7 Å². The molecule has 3 aliphatic carbocycles. The first kappa shape index (κ1) is 18.7. The maximum Gasteiger partial charge on any atom is 0.314 e. The Labute approximate surface area is 170 Å². The van der Waals surface area contributed by atoms with Crippen molar-refractivity contribution in [2.75, 3.05) is 27.8 Å². The summed E-state index contributed by atoms with van der Waals surface area (Å²) in [4.78, 5) is 27.9. The summed E-state index contributed by atoms with van der Waals surface area (Å²) in [6.45, 7) is 0.900. The van der Waals surface area contributed by atoms with Crippen molar-refractivity contribution in [1.29, 1.82) is 0 Å². The number of Topliss-reactive ketones (excluding diaryl/α,β-unsaturated/α-hetero) is 1. The number of likely N-dealkylation sites (tertiary alicyclic amines) is 1. The van der Waals surface area contributed by atoms with Gasteiger partial charge in [0.05, 0.1) is 20.1 Å². The van der Waals surface area contributed by atoms with Crippen LogP contribution in [-0.4, -0.2) is 50.5 Å². The molecule has 1 saturated carbocycles. The Bertz CT molecular complexity index is 918. The molecule has 5 rings (SSSR count). The molecule has 0 unspecified atom stereocenters. The van der Waals surface area contributed by atoms with Crippen LogP contribution in [0.2, 0.25) is 0 Å². The predicted molar refractivity (Wildman–Crippen MR) is 106 cm³/mol. The van der Waals surface area contributed by atoms with E-state index >= 15 is 0 Å². The van der Waals surface area contributed by atoms with E-state index in [9.17, 15) is 9.59 Å². The van der Waals surface area contributed by atoms with Gasteiger partial charge in [0.25, 0.3) is 0 Å². The first-order valence-electron chi connectivity index (χ1n) is 10.4. The molecular formula is C23H27NO5. The van der Waals surface area contributed by atoms with Gasteiger partial charge in [0.1, 0.15) is 0 Å². The molecule has 1 aliphatic heterocycles. The van der Waals surface area contributed by atoms with E-state index in [0.717, 1.165) is 43.4 Å². The number of nitrogens with zero attached hydrogens (tertiary/aromatic N) is 1. The Kier molecular flexibility index (Phi) is 4.24. The molecule has 0 spiro atoms. The van der Waals surface area contributed by atoms with E-state index in [2.05, 4.69) is 18.0 Å².